The molecule has 0 radical (unpaired) electrons. The highest BCUT2D eigenvalue weighted by Crippen LogP contribution is 2.53. The monoisotopic (exact) mass is 984 g/mol. The van der Waals surface area contributed by atoms with Crippen LogP contribution in [0.4, 0.5) is 0 Å². The molecule has 7 aromatic rings. The number of aryl methyl sites for hydroxylation is 3. The second-order valence-electron chi connectivity index (χ2n) is 21.3. The Balaban J connectivity index is 0.000000146. The van der Waals surface area contributed by atoms with Crippen LogP contribution in [0.2, 0.25) is 0 Å². The molecule has 0 saturated carbocycles. The van der Waals surface area contributed by atoms with E-state index < -0.39 is 16.8 Å². The summed E-state index contributed by atoms with van der Waals surface area (Å²) >= 11 is 0. The Kier molecular flexibility index (Phi) is 15.7. The Bertz CT molecular complexity index is 3260. The summed E-state index contributed by atoms with van der Waals surface area (Å²) in [5.74, 6) is 3.36. The third kappa shape index (κ3) is 10.6. The molecular formula is C64H73NO8. The molecule has 382 valence electrons. The summed E-state index contributed by atoms with van der Waals surface area (Å²) in [6.45, 7) is 18.8. The van der Waals surface area contributed by atoms with Crippen LogP contribution >= 0.6 is 0 Å². The van der Waals surface area contributed by atoms with E-state index >= 15 is 0 Å². The number of benzene rings is 6. The van der Waals surface area contributed by atoms with E-state index in [0.717, 1.165) is 111 Å². The van der Waals surface area contributed by atoms with Crippen LogP contribution in [-0.4, -0.2) is 17.3 Å². The van der Waals surface area contributed by atoms with Crippen molar-refractivity contribution < 1.29 is 33.6 Å². The average molecular weight is 984 g/mol. The van der Waals surface area contributed by atoms with Crippen molar-refractivity contribution in [1.82, 2.24) is 0 Å². The van der Waals surface area contributed by atoms with E-state index in [1.807, 2.05) is 100 Å². The van der Waals surface area contributed by atoms with E-state index in [2.05, 4.69) is 58.9 Å². The number of hydrogen-bond donors (Lipinski definition) is 2. The summed E-state index contributed by atoms with van der Waals surface area (Å²) in [6, 6.07) is 32.0. The van der Waals surface area contributed by atoms with Crippen molar-refractivity contribution >= 4 is 21.7 Å². The van der Waals surface area contributed by atoms with Crippen LogP contribution in [0.15, 0.2) is 100 Å². The smallest absolute Gasteiger partial charge is 0.344 e. The highest BCUT2D eigenvalue weighted by Gasteiger charge is 2.38. The van der Waals surface area contributed by atoms with Gasteiger partial charge in [-0.2, -0.15) is 5.26 Å². The molecule has 2 N–H and O–H groups in total. The van der Waals surface area contributed by atoms with Crippen molar-refractivity contribution in [1.29, 1.82) is 5.26 Å². The van der Waals surface area contributed by atoms with Gasteiger partial charge in [-0.25, -0.2) is 4.79 Å². The Hall–Kier alpha value is -6.76. The van der Waals surface area contributed by atoms with Crippen LogP contribution in [0.25, 0.3) is 44.0 Å². The summed E-state index contributed by atoms with van der Waals surface area (Å²) in [5.41, 5.74) is 10.4. The van der Waals surface area contributed by atoms with Crippen LogP contribution < -0.4 is 24.6 Å². The van der Waals surface area contributed by atoms with Crippen LogP contribution in [0.5, 0.6) is 28.7 Å². The topological polar surface area (TPSA) is 131 Å². The van der Waals surface area contributed by atoms with Crippen molar-refractivity contribution in [3.8, 4) is 57.1 Å². The molecular weight excluding hydrogens is 911 g/mol. The van der Waals surface area contributed by atoms with Gasteiger partial charge in [0.05, 0.1) is 47.2 Å². The molecule has 6 aromatic carbocycles. The molecule has 10 rings (SSSR count). The van der Waals surface area contributed by atoms with Crippen LogP contribution in [0.1, 0.15) is 165 Å². The number of aliphatic hydroxyl groups excluding tert-OH is 1. The molecule has 73 heavy (non-hydrogen) atoms. The maximum absolute atomic E-state index is 12.5. The minimum absolute atomic E-state index is 0.0591. The number of rotatable bonds is 14. The van der Waals surface area contributed by atoms with Gasteiger partial charge in [0, 0.05) is 33.2 Å². The number of aromatic hydroxyl groups is 1. The van der Waals surface area contributed by atoms with Crippen LogP contribution in [-0.2, 0) is 42.7 Å². The van der Waals surface area contributed by atoms with Gasteiger partial charge in [0.1, 0.15) is 51.1 Å². The van der Waals surface area contributed by atoms with E-state index in [1.165, 1.54) is 49.7 Å². The summed E-state index contributed by atoms with van der Waals surface area (Å²) < 4.78 is 30.2. The van der Waals surface area contributed by atoms with Gasteiger partial charge in [-0.05, 0) is 151 Å². The number of hydrogen-bond acceptors (Lipinski definition) is 9. The van der Waals surface area contributed by atoms with E-state index in [9.17, 15) is 20.3 Å². The molecule has 0 bridgehead atoms. The zero-order valence-corrected chi connectivity index (χ0v) is 44.6. The predicted molar refractivity (Wildman–Crippen MR) is 293 cm³/mol. The van der Waals surface area contributed by atoms with Crippen molar-refractivity contribution in [2.75, 3.05) is 7.11 Å². The number of ether oxygens (including phenoxy) is 4. The van der Waals surface area contributed by atoms with Gasteiger partial charge in [0.25, 0.3) is 0 Å². The van der Waals surface area contributed by atoms with Gasteiger partial charge in [0.15, 0.2) is 0 Å². The summed E-state index contributed by atoms with van der Waals surface area (Å²) in [4.78, 5) is 12.5. The molecule has 9 heteroatoms. The normalized spacial score (nSPS) is 14.6. The van der Waals surface area contributed by atoms with Crippen molar-refractivity contribution in [2.45, 2.75) is 163 Å². The fraction of sp³-hybridized carbons (Fsp3) is 0.406. The molecule has 0 spiro atoms. The molecule has 0 fully saturated rings. The fourth-order valence-corrected chi connectivity index (χ4v) is 10.9. The molecule has 3 aliphatic rings. The predicted octanol–water partition coefficient (Wildman–Crippen LogP) is 15.8. The van der Waals surface area contributed by atoms with Crippen molar-refractivity contribution in [3.63, 3.8) is 0 Å². The lowest BCUT2D eigenvalue weighted by atomic mass is 9.82. The van der Waals surface area contributed by atoms with Crippen LogP contribution in [0, 0.1) is 11.3 Å². The average Bonchev–Trinajstić information content (AvgIpc) is 3.35. The number of nitriles is 1. The molecule has 1 aromatic heterocycles. The number of aliphatic hydroxyl groups is 1. The van der Waals surface area contributed by atoms with Gasteiger partial charge in [0.2, 0.25) is 0 Å². The first-order valence-corrected chi connectivity index (χ1v) is 26.4. The SMILES string of the molecule is CCCCCc1cc(O)c2c(c1)OC(C)(C)c1cccc(CO)c1-2.CCCCCc1cc(OC)c2c(c1)OC(C)(C)c1cccc(C#N)c1-2.CCCCCc1cc2c3c(c1)oc(=O)c1cccc(c13)C(C)(C)O2. The van der Waals surface area contributed by atoms with Crippen molar-refractivity contribution in [2.24, 2.45) is 0 Å². The standard InChI is InChI=1S/C22H25NO2.C21H22O3.C21H26O3/c1-5-6-7-9-15-12-18(24-4)21-19(13-15)25-22(2,3)17-11-8-10-16(14-23)20(17)21;1-4-5-6-8-13-11-16-19-17(12-13)24-21(2,3)15-10-7-9-14(18(15)19)20(22)23-16;1-4-5-6-8-14-11-17(23)20-18(12-14)24-21(2,3)16-10-7-9-15(13-22)19(16)20/h8,10-13H,5-7,9H2,1-4H3;7,9-12H,4-6,8H2,1-3H3;7,9-12,22-23H,4-6,8,13H2,1-3H3. The summed E-state index contributed by atoms with van der Waals surface area (Å²) in [5, 5.41) is 32.6. The molecule has 0 unspecified atom stereocenters. The number of nitrogens with zero attached hydrogens (tertiary/aromatic N) is 1. The van der Waals surface area contributed by atoms with Gasteiger partial charge in [-0.1, -0.05) is 102 Å². The Labute approximate surface area is 431 Å². The Morgan fingerprint density at radius 2 is 1.08 bits per heavy atom. The lowest BCUT2D eigenvalue weighted by Gasteiger charge is -2.36. The maximum Gasteiger partial charge on any atom is 0.344 e. The molecule has 0 amide bonds. The third-order valence-corrected chi connectivity index (χ3v) is 14.6. The quantitative estimate of drug-likeness (QED) is 0.0621. The molecule has 3 aliphatic heterocycles. The number of phenols is 1. The van der Waals surface area contributed by atoms with Crippen molar-refractivity contribution in [3.05, 3.63) is 146 Å². The van der Waals surface area contributed by atoms with Gasteiger partial charge in [-0.15, -0.1) is 0 Å². The van der Waals surface area contributed by atoms with Crippen LogP contribution in [0.3, 0.4) is 0 Å². The summed E-state index contributed by atoms with van der Waals surface area (Å²) in [7, 11) is 1.68. The zero-order valence-electron chi connectivity index (χ0n) is 44.6. The lowest BCUT2D eigenvalue weighted by molar-refractivity contribution is 0.104. The molecule has 9 nitrogen and oxygen atoms in total. The summed E-state index contributed by atoms with van der Waals surface area (Å²) in [6.07, 6.45) is 13.5. The third-order valence-electron chi connectivity index (χ3n) is 14.6. The highest BCUT2D eigenvalue weighted by atomic mass is 16.5. The number of phenolic OH excluding ortho intramolecular Hbond substituents is 1. The first-order chi connectivity index (χ1) is 35.0. The molecule has 0 saturated heterocycles. The first kappa shape index (κ1) is 52.6. The Morgan fingerprint density at radius 1 is 0.575 bits per heavy atom. The first-order valence-electron chi connectivity index (χ1n) is 26.4. The largest absolute Gasteiger partial charge is 0.507 e. The van der Waals surface area contributed by atoms with Gasteiger partial charge in [-0.3, -0.25) is 0 Å². The Morgan fingerprint density at radius 3 is 1.67 bits per heavy atom. The number of fused-ring (bicyclic) bond motifs is 6. The fourth-order valence-electron chi connectivity index (χ4n) is 10.9. The molecule has 0 atom stereocenters. The second-order valence-corrected chi connectivity index (χ2v) is 21.3. The second kappa shape index (κ2) is 21.8. The van der Waals surface area contributed by atoms with E-state index in [1.54, 1.807) is 7.11 Å². The van der Waals surface area contributed by atoms with E-state index in [0.29, 0.717) is 27.8 Å². The van der Waals surface area contributed by atoms with E-state index in [4.69, 9.17) is 23.4 Å². The van der Waals surface area contributed by atoms with E-state index in [-0.39, 0.29) is 18.0 Å². The minimum atomic E-state index is -0.498. The lowest BCUT2D eigenvalue weighted by Crippen LogP contribution is -2.30. The molecule has 4 heterocycles. The highest BCUT2D eigenvalue weighted by molar-refractivity contribution is 6.10. The zero-order chi connectivity index (χ0) is 52.2. The molecule has 0 aliphatic carbocycles. The van der Waals surface area contributed by atoms with Gasteiger partial charge < -0.3 is 33.6 Å². The number of methoxy groups -OCH3 is 1. The van der Waals surface area contributed by atoms with Gasteiger partial charge >= 0.3 is 5.63 Å². The number of unbranched alkanes of at least 4 members (excludes halogenated alkanes) is 6. The maximum atomic E-state index is 12.5. The minimum Gasteiger partial charge on any atom is -0.507 e.